The van der Waals surface area contributed by atoms with Crippen LogP contribution in [0.4, 0.5) is 19.0 Å². The van der Waals surface area contributed by atoms with Crippen molar-refractivity contribution in [2.45, 2.75) is 6.36 Å². The van der Waals surface area contributed by atoms with Gasteiger partial charge >= 0.3 is 6.36 Å². The van der Waals surface area contributed by atoms with E-state index in [4.69, 9.17) is 5.73 Å². The third-order valence-corrected chi connectivity index (χ3v) is 2.01. The topological polar surface area (TPSA) is 48.1 Å². The van der Waals surface area contributed by atoms with Gasteiger partial charge in [0, 0.05) is 6.20 Å². The van der Waals surface area contributed by atoms with E-state index >= 15 is 0 Å². The Morgan fingerprint density at radius 1 is 1.19 bits per heavy atom. The summed E-state index contributed by atoms with van der Waals surface area (Å²) in [5, 5.41) is 0.719. The largest absolute Gasteiger partial charge is 0.573 e. The molecule has 0 fully saturated rings. The molecule has 1 aromatic carbocycles. The van der Waals surface area contributed by atoms with Crippen LogP contribution in [-0.2, 0) is 0 Å². The second-order valence-electron chi connectivity index (χ2n) is 3.10. The molecule has 0 saturated carbocycles. The van der Waals surface area contributed by atoms with Crippen molar-refractivity contribution in [1.82, 2.24) is 4.98 Å². The summed E-state index contributed by atoms with van der Waals surface area (Å²) in [5.41, 5.74) is 5.52. The smallest absolute Gasteiger partial charge is 0.405 e. The predicted octanol–water partition coefficient (Wildman–Crippen LogP) is 2.72. The van der Waals surface area contributed by atoms with Gasteiger partial charge in [-0.1, -0.05) is 12.1 Å². The molecule has 0 radical (unpaired) electrons. The zero-order valence-electron chi connectivity index (χ0n) is 7.95. The molecule has 0 aliphatic rings. The summed E-state index contributed by atoms with van der Waals surface area (Å²) in [6.45, 7) is 0. The van der Waals surface area contributed by atoms with Crippen LogP contribution < -0.4 is 10.5 Å². The number of rotatable bonds is 1. The number of nitrogens with two attached hydrogens (primary N) is 1. The molecule has 0 bridgehead atoms. The van der Waals surface area contributed by atoms with Gasteiger partial charge in [0.25, 0.3) is 0 Å². The molecule has 0 aliphatic heterocycles. The molecule has 0 saturated heterocycles. The number of halogens is 3. The van der Waals surface area contributed by atoms with Crippen LogP contribution in [0.5, 0.6) is 5.75 Å². The van der Waals surface area contributed by atoms with E-state index < -0.39 is 6.36 Å². The van der Waals surface area contributed by atoms with Gasteiger partial charge < -0.3 is 10.5 Å². The lowest BCUT2D eigenvalue weighted by atomic mass is 10.1. The molecule has 1 aromatic heterocycles. The molecule has 0 aliphatic carbocycles. The summed E-state index contributed by atoms with van der Waals surface area (Å²) in [6, 6.07) is 5.86. The first-order valence-electron chi connectivity index (χ1n) is 4.36. The number of nitrogens with zero attached hydrogens (tertiary/aromatic N) is 1. The first-order chi connectivity index (χ1) is 7.47. The third kappa shape index (κ3) is 2.00. The van der Waals surface area contributed by atoms with Crippen molar-refractivity contribution in [2.75, 3.05) is 5.73 Å². The Morgan fingerprint density at radius 3 is 2.62 bits per heavy atom. The Hall–Kier alpha value is -1.98. The number of hydrogen-bond donors (Lipinski definition) is 1. The fourth-order valence-corrected chi connectivity index (χ4v) is 1.43. The summed E-state index contributed by atoms with van der Waals surface area (Å²) in [5.74, 6) is -0.326. The zero-order chi connectivity index (χ0) is 11.8. The summed E-state index contributed by atoms with van der Waals surface area (Å²) in [7, 11) is 0. The second-order valence-corrected chi connectivity index (χ2v) is 3.10. The first kappa shape index (κ1) is 10.5. The minimum absolute atomic E-state index is 0.0114. The highest BCUT2D eigenvalue weighted by Gasteiger charge is 2.32. The van der Waals surface area contributed by atoms with E-state index in [0.717, 1.165) is 0 Å². The molecule has 0 spiro atoms. The average molecular weight is 228 g/mol. The molecule has 6 heteroatoms. The lowest BCUT2D eigenvalue weighted by molar-refractivity contribution is -0.274. The van der Waals surface area contributed by atoms with Gasteiger partial charge in [-0.3, -0.25) is 0 Å². The number of alkyl halides is 3. The molecular weight excluding hydrogens is 221 g/mol. The molecule has 84 valence electrons. The highest BCUT2D eigenvalue weighted by molar-refractivity contribution is 5.95. The summed E-state index contributed by atoms with van der Waals surface area (Å²) in [6.07, 6.45) is -3.31. The van der Waals surface area contributed by atoms with Crippen LogP contribution in [-0.4, -0.2) is 11.3 Å². The van der Waals surface area contributed by atoms with Gasteiger partial charge in [0.15, 0.2) is 0 Å². The number of aromatic nitrogens is 1. The van der Waals surface area contributed by atoms with E-state index in [1.54, 1.807) is 12.1 Å². The van der Waals surface area contributed by atoms with Crippen molar-refractivity contribution < 1.29 is 17.9 Å². The lowest BCUT2D eigenvalue weighted by Gasteiger charge is -2.11. The first-order valence-corrected chi connectivity index (χ1v) is 4.36. The van der Waals surface area contributed by atoms with Crippen LogP contribution >= 0.6 is 0 Å². The molecule has 3 nitrogen and oxygen atoms in total. The van der Waals surface area contributed by atoms with Crippen LogP contribution in [0.2, 0.25) is 0 Å². The van der Waals surface area contributed by atoms with Crippen LogP contribution in [0.1, 0.15) is 0 Å². The van der Waals surface area contributed by atoms with Crippen molar-refractivity contribution >= 4 is 16.6 Å². The van der Waals surface area contributed by atoms with Crippen LogP contribution in [0.25, 0.3) is 10.8 Å². The van der Waals surface area contributed by atoms with Gasteiger partial charge in [-0.15, -0.1) is 13.2 Å². The maximum atomic E-state index is 12.1. The van der Waals surface area contributed by atoms with Crippen LogP contribution in [0, 0.1) is 0 Å². The SMILES string of the molecule is Nc1nccc2cccc(OC(F)(F)F)c12. The molecule has 2 aromatic rings. The van der Waals surface area contributed by atoms with E-state index in [1.165, 1.54) is 18.3 Å². The Labute approximate surface area is 88.6 Å². The summed E-state index contributed by atoms with van der Waals surface area (Å²) >= 11 is 0. The van der Waals surface area contributed by atoms with E-state index in [9.17, 15) is 13.2 Å². The summed E-state index contributed by atoms with van der Waals surface area (Å²) in [4.78, 5) is 3.73. The van der Waals surface area contributed by atoms with Gasteiger partial charge in [0.05, 0.1) is 5.39 Å². The maximum absolute atomic E-state index is 12.1. The fourth-order valence-electron chi connectivity index (χ4n) is 1.43. The van der Waals surface area contributed by atoms with Crippen LogP contribution in [0.3, 0.4) is 0 Å². The number of pyridine rings is 1. The van der Waals surface area contributed by atoms with Gasteiger partial charge in [-0.05, 0) is 17.5 Å². The van der Waals surface area contributed by atoms with Crippen molar-refractivity contribution in [2.24, 2.45) is 0 Å². The van der Waals surface area contributed by atoms with Crippen molar-refractivity contribution in [3.63, 3.8) is 0 Å². The highest BCUT2D eigenvalue weighted by atomic mass is 19.4. The normalized spacial score (nSPS) is 11.7. The Bertz CT molecular complexity index is 520. The van der Waals surface area contributed by atoms with E-state index in [-0.39, 0.29) is 17.0 Å². The summed E-state index contributed by atoms with van der Waals surface area (Å²) < 4.78 is 40.2. The monoisotopic (exact) mass is 228 g/mol. The Morgan fingerprint density at radius 2 is 1.94 bits per heavy atom. The van der Waals surface area contributed by atoms with E-state index in [1.807, 2.05) is 0 Å². The minimum Gasteiger partial charge on any atom is -0.405 e. The predicted molar refractivity (Wildman–Crippen MR) is 52.8 cm³/mol. The number of fused-ring (bicyclic) bond motifs is 1. The van der Waals surface area contributed by atoms with Crippen molar-refractivity contribution in [3.05, 3.63) is 30.5 Å². The molecule has 2 N–H and O–H groups in total. The minimum atomic E-state index is -4.74. The Kier molecular flexibility index (Phi) is 2.34. The third-order valence-electron chi connectivity index (χ3n) is 2.01. The molecule has 16 heavy (non-hydrogen) atoms. The number of ether oxygens (including phenoxy) is 1. The lowest BCUT2D eigenvalue weighted by Crippen LogP contribution is -2.17. The number of hydrogen-bond acceptors (Lipinski definition) is 3. The molecule has 0 unspecified atom stereocenters. The van der Waals surface area contributed by atoms with Gasteiger partial charge in [0.1, 0.15) is 11.6 Å². The van der Waals surface area contributed by atoms with Gasteiger partial charge in [-0.25, -0.2) is 4.98 Å². The van der Waals surface area contributed by atoms with Gasteiger partial charge in [-0.2, -0.15) is 0 Å². The number of nitrogen functional groups attached to an aromatic ring is 1. The van der Waals surface area contributed by atoms with Crippen LogP contribution in [0.15, 0.2) is 30.5 Å². The second kappa shape index (κ2) is 3.55. The Balaban J connectivity index is 2.61. The van der Waals surface area contributed by atoms with E-state index in [0.29, 0.717) is 5.39 Å². The molecule has 0 atom stereocenters. The van der Waals surface area contributed by atoms with Gasteiger partial charge in [0.2, 0.25) is 0 Å². The molecule has 1 heterocycles. The average Bonchev–Trinajstić information content (AvgIpc) is 2.15. The highest BCUT2D eigenvalue weighted by Crippen LogP contribution is 2.32. The van der Waals surface area contributed by atoms with E-state index in [2.05, 4.69) is 9.72 Å². The maximum Gasteiger partial charge on any atom is 0.573 e. The van der Waals surface area contributed by atoms with Crippen molar-refractivity contribution in [1.29, 1.82) is 0 Å². The fraction of sp³-hybridized carbons (Fsp3) is 0.100. The zero-order valence-corrected chi connectivity index (χ0v) is 7.95. The number of benzene rings is 1. The molecule has 0 amide bonds. The van der Waals surface area contributed by atoms with Crippen molar-refractivity contribution in [3.8, 4) is 5.75 Å². The number of anilines is 1. The molecule has 2 rings (SSSR count). The quantitative estimate of drug-likeness (QED) is 0.816. The molecular formula is C10H7F3N2O. The standard InChI is InChI=1S/C10H7F3N2O/c11-10(12,13)16-7-3-1-2-6-4-5-15-9(14)8(6)7/h1-5H,(H2,14,15).